The number of aromatic nitrogens is 3. The van der Waals surface area contributed by atoms with Gasteiger partial charge in [0.15, 0.2) is 4.77 Å². The van der Waals surface area contributed by atoms with Gasteiger partial charge in [-0.15, -0.1) is 0 Å². The fraction of sp³-hybridized carbons (Fsp3) is 0.250. The van der Waals surface area contributed by atoms with E-state index in [2.05, 4.69) is 15.5 Å². The molecule has 116 valence electrons. The topological polar surface area (TPSA) is 106 Å². The number of nitro benzene ring substituents is 1. The van der Waals surface area contributed by atoms with E-state index in [1.165, 1.54) is 12.1 Å². The molecule has 2 aromatic rings. The maximum atomic E-state index is 12.1. The van der Waals surface area contributed by atoms with Gasteiger partial charge in [-0.2, -0.15) is 5.10 Å². The normalized spacial score (nSPS) is 10.5. The lowest BCUT2D eigenvalue weighted by atomic mass is 10.2. The number of benzene rings is 1. The number of nitrogens with one attached hydrogen (secondary N) is 2. The van der Waals surface area contributed by atoms with Gasteiger partial charge in [-0.25, -0.2) is 0 Å². The third kappa shape index (κ3) is 3.68. The third-order valence-corrected chi connectivity index (χ3v) is 4.32. The minimum Gasteiger partial charge on any atom is -0.352 e. The van der Waals surface area contributed by atoms with E-state index in [-0.39, 0.29) is 17.2 Å². The maximum absolute atomic E-state index is 12.1. The SMILES string of the molecule is Cn1c(CCNC(=O)c2cc([N+](=O)[O-])ccc2I)n[nH]c1=S. The van der Waals surface area contributed by atoms with Gasteiger partial charge in [0.2, 0.25) is 0 Å². The zero-order valence-corrected chi connectivity index (χ0v) is 14.5. The summed E-state index contributed by atoms with van der Waals surface area (Å²) in [4.78, 5) is 22.4. The maximum Gasteiger partial charge on any atom is 0.270 e. The minimum absolute atomic E-state index is 0.111. The number of H-pyrrole nitrogens is 1. The summed E-state index contributed by atoms with van der Waals surface area (Å²) in [5, 5.41) is 20.2. The molecule has 2 N–H and O–H groups in total. The summed E-state index contributed by atoms with van der Waals surface area (Å²) in [6, 6.07) is 4.19. The second-order valence-corrected chi connectivity index (χ2v) is 5.98. The minimum atomic E-state index is -0.526. The predicted molar refractivity (Wildman–Crippen MR) is 90.2 cm³/mol. The average molecular weight is 433 g/mol. The van der Waals surface area contributed by atoms with Crippen LogP contribution in [0.1, 0.15) is 16.2 Å². The number of halogens is 1. The highest BCUT2D eigenvalue weighted by molar-refractivity contribution is 14.1. The molecule has 2 rings (SSSR count). The summed E-state index contributed by atoms with van der Waals surface area (Å²) in [6.45, 7) is 0.352. The van der Waals surface area contributed by atoms with Crippen molar-refractivity contribution in [1.29, 1.82) is 0 Å². The quantitative estimate of drug-likeness (QED) is 0.325. The third-order valence-electron chi connectivity index (χ3n) is 3.01. The van der Waals surface area contributed by atoms with Crippen molar-refractivity contribution < 1.29 is 9.72 Å². The van der Waals surface area contributed by atoms with Crippen LogP contribution >= 0.6 is 34.8 Å². The lowest BCUT2D eigenvalue weighted by molar-refractivity contribution is -0.384. The van der Waals surface area contributed by atoms with Crippen molar-refractivity contribution in [3.8, 4) is 0 Å². The van der Waals surface area contributed by atoms with E-state index < -0.39 is 4.92 Å². The van der Waals surface area contributed by atoms with Crippen LogP contribution in [0, 0.1) is 18.5 Å². The zero-order valence-electron chi connectivity index (χ0n) is 11.5. The predicted octanol–water partition coefficient (Wildman–Crippen LogP) is 1.96. The van der Waals surface area contributed by atoms with Crippen LogP contribution in [0.2, 0.25) is 0 Å². The Morgan fingerprint density at radius 1 is 1.59 bits per heavy atom. The van der Waals surface area contributed by atoms with E-state index in [0.29, 0.717) is 21.3 Å². The fourth-order valence-electron chi connectivity index (χ4n) is 1.79. The molecule has 0 bridgehead atoms. The first-order chi connectivity index (χ1) is 10.4. The van der Waals surface area contributed by atoms with Crippen LogP contribution in [0.25, 0.3) is 0 Å². The molecule has 1 aromatic heterocycles. The molecule has 0 atom stereocenters. The molecule has 1 heterocycles. The van der Waals surface area contributed by atoms with Gasteiger partial charge in [-0.3, -0.25) is 20.0 Å². The molecule has 0 aliphatic rings. The summed E-state index contributed by atoms with van der Waals surface area (Å²) in [5.41, 5.74) is 0.171. The first-order valence-corrected chi connectivity index (χ1v) is 7.71. The van der Waals surface area contributed by atoms with Crippen molar-refractivity contribution in [2.45, 2.75) is 6.42 Å². The van der Waals surface area contributed by atoms with Gasteiger partial charge >= 0.3 is 0 Å². The second kappa shape index (κ2) is 6.96. The van der Waals surface area contributed by atoms with Crippen LogP contribution in [-0.2, 0) is 13.5 Å². The van der Waals surface area contributed by atoms with Crippen LogP contribution < -0.4 is 5.32 Å². The fourth-order valence-corrected chi connectivity index (χ4v) is 2.52. The number of carbonyl (C=O) groups is 1. The highest BCUT2D eigenvalue weighted by atomic mass is 127. The summed E-state index contributed by atoms with van der Waals surface area (Å²) < 4.78 is 2.88. The van der Waals surface area contributed by atoms with Crippen LogP contribution in [0.5, 0.6) is 0 Å². The number of carbonyl (C=O) groups excluding carboxylic acids is 1. The number of nitro groups is 1. The van der Waals surface area contributed by atoms with Crippen LogP contribution in [0.3, 0.4) is 0 Å². The number of hydrogen-bond donors (Lipinski definition) is 2. The molecule has 1 aromatic carbocycles. The van der Waals surface area contributed by atoms with E-state index >= 15 is 0 Å². The summed E-state index contributed by atoms with van der Waals surface area (Å²) in [7, 11) is 1.78. The summed E-state index contributed by atoms with van der Waals surface area (Å²) in [6.07, 6.45) is 0.501. The highest BCUT2D eigenvalue weighted by Gasteiger charge is 2.15. The molecular formula is C12H12IN5O3S. The smallest absolute Gasteiger partial charge is 0.270 e. The van der Waals surface area contributed by atoms with E-state index in [1.54, 1.807) is 17.7 Å². The Morgan fingerprint density at radius 3 is 2.91 bits per heavy atom. The molecule has 0 saturated carbocycles. The molecule has 0 aliphatic carbocycles. The summed E-state index contributed by atoms with van der Waals surface area (Å²) >= 11 is 6.97. The van der Waals surface area contributed by atoms with Crippen molar-refractivity contribution >= 4 is 46.4 Å². The van der Waals surface area contributed by atoms with Gasteiger partial charge in [0.05, 0.1) is 10.5 Å². The lowest BCUT2D eigenvalue weighted by Crippen LogP contribution is -2.27. The second-order valence-electron chi connectivity index (χ2n) is 4.43. The van der Waals surface area contributed by atoms with Crippen LogP contribution in [0.4, 0.5) is 5.69 Å². The Balaban J connectivity index is 2.03. The Bertz CT molecular complexity index is 785. The standard InChI is InChI=1S/C12H12IN5O3S/c1-17-10(15-16-12(17)22)4-5-14-11(19)8-6-7(18(20)21)2-3-9(8)13/h2-3,6H,4-5H2,1H3,(H,14,19)(H,16,22). The Kier molecular flexibility index (Phi) is 5.24. The van der Waals surface area contributed by atoms with E-state index in [0.717, 1.165) is 5.82 Å². The van der Waals surface area contributed by atoms with E-state index in [1.807, 2.05) is 22.6 Å². The molecule has 8 nitrogen and oxygen atoms in total. The molecule has 1 amide bonds. The molecule has 0 unspecified atom stereocenters. The van der Waals surface area contributed by atoms with Gasteiger partial charge < -0.3 is 9.88 Å². The van der Waals surface area contributed by atoms with E-state index in [4.69, 9.17) is 12.2 Å². The Labute approximate surface area is 144 Å². The van der Waals surface area contributed by atoms with Crippen molar-refractivity contribution in [3.63, 3.8) is 0 Å². The van der Waals surface area contributed by atoms with Gasteiger partial charge in [0.1, 0.15) is 5.82 Å². The monoisotopic (exact) mass is 433 g/mol. The Hall–Kier alpha value is -1.82. The average Bonchev–Trinajstić information content (AvgIpc) is 2.79. The number of amides is 1. The molecule has 0 saturated heterocycles. The number of nitrogens with zero attached hydrogens (tertiary/aromatic N) is 3. The van der Waals surface area contributed by atoms with Gasteiger partial charge in [0, 0.05) is 35.7 Å². The molecule has 0 aliphatic heterocycles. The van der Waals surface area contributed by atoms with E-state index in [9.17, 15) is 14.9 Å². The number of non-ortho nitro benzene ring substituents is 1. The zero-order chi connectivity index (χ0) is 16.3. The molecular weight excluding hydrogens is 421 g/mol. The van der Waals surface area contributed by atoms with Gasteiger partial charge in [-0.05, 0) is 40.9 Å². The van der Waals surface area contributed by atoms with Gasteiger partial charge in [-0.1, -0.05) is 0 Å². The first-order valence-electron chi connectivity index (χ1n) is 6.22. The van der Waals surface area contributed by atoms with Gasteiger partial charge in [0.25, 0.3) is 11.6 Å². The molecule has 10 heteroatoms. The van der Waals surface area contributed by atoms with Crippen molar-refractivity contribution in [2.24, 2.45) is 7.05 Å². The molecule has 22 heavy (non-hydrogen) atoms. The largest absolute Gasteiger partial charge is 0.352 e. The van der Waals surface area contributed by atoms with Crippen molar-refractivity contribution in [3.05, 3.63) is 48.0 Å². The first kappa shape index (κ1) is 16.5. The molecule has 0 radical (unpaired) electrons. The molecule has 0 fully saturated rings. The number of hydrogen-bond acceptors (Lipinski definition) is 5. The van der Waals surface area contributed by atoms with Crippen LogP contribution in [-0.4, -0.2) is 32.1 Å². The lowest BCUT2D eigenvalue weighted by Gasteiger charge is -2.06. The van der Waals surface area contributed by atoms with Crippen molar-refractivity contribution in [1.82, 2.24) is 20.1 Å². The Morgan fingerprint density at radius 2 is 2.32 bits per heavy atom. The summed E-state index contributed by atoms with van der Waals surface area (Å²) in [5.74, 6) is 0.365. The number of rotatable bonds is 5. The van der Waals surface area contributed by atoms with Crippen LogP contribution in [0.15, 0.2) is 18.2 Å². The number of aromatic amines is 1. The van der Waals surface area contributed by atoms with Crippen molar-refractivity contribution in [2.75, 3.05) is 6.54 Å². The molecule has 0 spiro atoms. The highest BCUT2D eigenvalue weighted by Crippen LogP contribution is 2.19.